The van der Waals surface area contributed by atoms with Gasteiger partial charge < -0.3 is 5.43 Å². The predicted molar refractivity (Wildman–Crippen MR) is 77.1 cm³/mol. The standard InChI is InChI=1S/C14H26N4/c1-4-5-6-9-18(12(2)3)11-14-10-13(17-15)7-8-16-14/h7-8,10,12H,4-6,9,11,15H2,1-3H3,(H,16,17). The highest BCUT2D eigenvalue weighted by Gasteiger charge is 2.10. The summed E-state index contributed by atoms with van der Waals surface area (Å²) >= 11 is 0. The van der Waals surface area contributed by atoms with E-state index in [1.807, 2.05) is 12.1 Å². The minimum absolute atomic E-state index is 0.540. The van der Waals surface area contributed by atoms with E-state index in [-0.39, 0.29) is 0 Å². The van der Waals surface area contributed by atoms with Gasteiger partial charge >= 0.3 is 0 Å². The largest absolute Gasteiger partial charge is 0.324 e. The average molecular weight is 250 g/mol. The monoisotopic (exact) mass is 250 g/mol. The smallest absolute Gasteiger partial charge is 0.0565 e. The lowest BCUT2D eigenvalue weighted by Crippen LogP contribution is -2.31. The summed E-state index contributed by atoms with van der Waals surface area (Å²) in [4.78, 5) is 6.86. The Morgan fingerprint density at radius 3 is 2.78 bits per heavy atom. The minimum atomic E-state index is 0.540. The van der Waals surface area contributed by atoms with Crippen LogP contribution in [0.2, 0.25) is 0 Å². The molecule has 0 unspecified atom stereocenters. The van der Waals surface area contributed by atoms with E-state index in [1.165, 1.54) is 19.3 Å². The Hall–Kier alpha value is -1.13. The number of nitrogens with zero attached hydrogens (tertiary/aromatic N) is 2. The van der Waals surface area contributed by atoms with Crippen LogP contribution in [0.15, 0.2) is 18.3 Å². The third kappa shape index (κ3) is 5.02. The molecule has 1 aromatic rings. The molecule has 18 heavy (non-hydrogen) atoms. The molecule has 0 atom stereocenters. The van der Waals surface area contributed by atoms with Crippen molar-refractivity contribution in [1.82, 2.24) is 9.88 Å². The van der Waals surface area contributed by atoms with Crippen LogP contribution in [0, 0.1) is 0 Å². The first-order valence-corrected chi connectivity index (χ1v) is 6.83. The van der Waals surface area contributed by atoms with E-state index < -0.39 is 0 Å². The van der Waals surface area contributed by atoms with Crippen molar-refractivity contribution in [3.05, 3.63) is 24.0 Å². The summed E-state index contributed by atoms with van der Waals surface area (Å²) < 4.78 is 0. The number of aromatic nitrogens is 1. The number of hydrogen-bond donors (Lipinski definition) is 2. The zero-order valence-electron chi connectivity index (χ0n) is 11.8. The number of rotatable bonds is 8. The van der Waals surface area contributed by atoms with Gasteiger partial charge in [0.2, 0.25) is 0 Å². The van der Waals surface area contributed by atoms with Gasteiger partial charge in [0, 0.05) is 18.8 Å². The molecule has 1 heterocycles. The molecule has 0 saturated heterocycles. The molecule has 0 bridgehead atoms. The summed E-state index contributed by atoms with van der Waals surface area (Å²) in [5.74, 6) is 5.42. The van der Waals surface area contributed by atoms with Crippen molar-refractivity contribution in [2.24, 2.45) is 5.84 Å². The Labute approximate surface area is 111 Å². The molecule has 0 amide bonds. The van der Waals surface area contributed by atoms with Crippen LogP contribution < -0.4 is 11.3 Å². The summed E-state index contributed by atoms with van der Waals surface area (Å²) in [6.07, 6.45) is 5.61. The summed E-state index contributed by atoms with van der Waals surface area (Å²) in [5.41, 5.74) is 4.64. The predicted octanol–water partition coefficient (Wildman–Crippen LogP) is 2.77. The Balaban J connectivity index is 2.58. The van der Waals surface area contributed by atoms with Gasteiger partial charge in [-0.2, -0.15) is 0 Å². The summed E-state index contributed by atoms with van der Waals surface area (Å²) in [6.45, 7) is 8.72. The van der Waals surface area contributed by atoms with E-state index in [4.69, 9.17) is 5.84 Å². The van der Waals surface area contributed by atoms with Crippen molar-refractivity contribution in [1.29, 1.82) is 0 Å². The lowest BCUT2D eigenvalue weighted by Gasteiger charge is -2.26. The van der Waals surface area contributed by atoms with Crippen LogP contribution in [0.3, 0.4) is 0 Å². The summed E-state index contributed by atoms with van der Waals surface area (Å²) in [6, 6.07) is 4.42. The average Bonchev–Trinajstić information content (AvgIpc) is 2.38. The number of hydrogen-bond acceptors (Lipinski definition) is 4. The molecule has 0 saturated carbocycles. The van der Waals surface area contributed by atoms with Gasteiger partial charge in [-0.1, -0.05) is 19.8 Å². The van der Waals surface area contributed by atoms with Gasteiger partial charge in [0.05, 0.1) is 11.4 Å². The maximum Gasteiger partial charge on any atom is 0.0565 e. The first kappa shape index (κ1) is 14.9. The van der Waals surface area contributed by atoms with Gasteiger partial charge in [-0.15, -0.1) is 0 Å². The Bertz CT molecular complexity index is 338. The molecule has 102 valence electrons. The molecule has 0 radical (unpaired) electrons. The minimum Gasteiger partial charge on any atom is -0.324 e. The zero-order valence-corrected chi connectivity index (χ0v) is 11.8. The number of unbranched alkanes of at least 4 members (excludes halogenated alkanes) is 2. The first-order chi connectivity index (χ1) is 8.67. The highest BCUT2D eigenvalue weighted by molar-refractivity contribution is 5.41. The van der Waals surface area contributed by atoms with E-state index in [0.717, 1.165) is 24.5 Å². The van der Waals surface area contributed by atoms with Crippen molar-refractivity contribution in [2.45, 2.75) is 52.6 Å². The van der Waals surface area contributed by atoms with Gasteiger partial charge in [-0.05, 0) is 38.9 Å². The van der Waals surface area contributed by atoms with Gasteiger partial charge in [0.1, 0.15) is 0 Å². The molecule has 0 aliphatic rings. The normalized spacial score (nSPS) is 11.2. The SMILES string of the molecule is CCCCCN(Cc1cc(NN)ccn1)C(C)C. The Morgan fingerprint density at radius 2 is 2.17 bits per heavy atom. The van der Waals surface area contributed by atoms with Gasteiger partial charge in [-0.3, -0.25) is 15.7 Å². The fourth-order valence-electron chi connectivity index (χ4n) is 1.95. The van der Waals surface area contributed by atoms with Crippen molar-refractivity contribution < 1.29 is 0 Å². The number of hydrazine groups is 1. The van der Waals surface area contributed by atoms with E-state index >= 15 is 0 Å². The molecule has 0 aromatic carbocycles. The van der Waals surface area contributed by atoms with Crippen LogP contribution in [-0.2, 0) is 6.54 Å². The summed E-state index contributed by atoms with van der Waals surface area (Å²) in [7, 11) is 0. The second-order valence-corrected chi connectivity index (χ2v) is 4.95. The van der Waals surface area contributed by atoms with E-state index in [9.17, 15) is 0 Å². The van der Waals surface area contributed by atoms with Crippen LogP contribution in [0.4, 0.5) is 5.69 Å². The van der Waals surface area contributed by atoms with Crippen LogP contribution in [0.1, 0.15) is 45.7 Å². The highest BCUT2D eigenvalue weighted by Crippen LogP contribution is 2.12. The lowest BCUT2D eigenvalue weighted by molar-refractivity contribution is 0.206. The third-order valence-corrected chi connectivity index (χ3v) is 3.13. The second kappa shape index (κ2) is 8.06. The molecular weight excluding hydrogens is 224 g/mol. The van der Waals surface area contributed by atoms with Gasteiger partial charge in [-0.25, -0.2) is 0 Å². The fourth-order valence-corrected chi connectivity index (χ4v) is 1.95. The maximum atomic E-state index is 5.42. The summed E-state index contributed by atoms with van der Waals surface area (Å²) in [5, 5.41) is 0. The van der Waals surface area contributed by atoms with Crippen molar-refractivity contribution in [3.63, 3.8) is 0 Å². The molecule has 3 N–H and O–H groups in total. The molecule has 4 nitrogen and oxygen atoms in total. The number of anilines is 1. The molecule has 1 rings (SSSR count). The van der Waals surface area contributed by atoms with E-state index in [1.54, 1.807) is 6.20 Å². The molecule has 0 aliphatic carbocycles. The third-order valence-electron chi connectivity index (χ3n) is 3.13. The molecular formula is C14H26N4. The van der Waals surface area contributed by atoms with Crippen LogP contribution in [-0.4, -0.2) is 22.5 Å². The maximum absolute atomic E-state index is 5.42. The van der Waals surface area contributed by atoms with E-state index in [0.29, 0.717) is 6.04 Å². The number of nitrogen functional groups attached to an aromatic ring is 1. The quantitative estimate of drug-likeness (QED) is 0.423. The molecule has 0 fully saturated rings. The second-order valence-electron chi connectivity index (χ2n) is 4.95. The number of nitrogens with two attached hydrogens (primary N) is 1. The Kier molecular flexibility index (Phi) is 6.68. The van der Waals surface area contributed by atoms with Gasteiger partial charge in [0.25, 0.3) is 0 Å². The lowest BCUT2D eigenvalue weighted by atomic mass is 10.2. The van der Waals surface area contributed by atoms with Crippen LogP contribution in [0.5, 0.6) is 0 Å². The zero-order chi connectivity index (χ0) is 13.4. The highest BCUT2D eigenvalue weighted by atomic mass is 15.2. The molecule has 1 aromatic heterocycles. The number of pyridine rings is 1. The van der Waals surface area contributed by atoms with Gasteiger partial charge in [0.15, 0.2) is 0 Å². The fraction of sp³-hybridized carbons (Fsp3) is 0.643. The van der Waals surface area contributed by atoms with Crippen LogP contribution in [0.25, 0.3) is 0 Å². The van der Waals surface area contributed by atoms with Crippen molar-refractivity contribution in [3.8, 4) is 0 Å². The first-order valence-electron chi connectivity index (χ1n) is 6.83. The van der Waals surface area contributed by atoms with Crippen molar-refractivity contribution >= 4 is 5.69 Å². The van der Waals surface area contributed by atoms with Crippen LogP contribution >= 0.6 is 0 Å². The topological polar surface area (TPSA) is 54.2 Å². The van der Waals surface area contributed by atoms with E-state index in [2.05, 4.69) is 36.1 Å². The molecule has 0 spiro atoms. The van der Waals surface area contributed by atoms with Crippen molar-refractivity contribution in [2.75, 3.05) is 12.0 Å². The number of nitrogens with one attached hydrogen (secondary N) is 1. The Morgan fingerprint density at radius 1 is 1.39 bits per heavy atom. The molecule has 0 aliphatic heterocycles. The molecule has 4 heteroatoms.